The van der Waals surface area contributed by atoms with Gasteiger partial charge in [0, 0.05) is 30.9 Å². The maximum atomic E-state index is 9.89. The summed E-state index contributed by atoms with van der Waals surface area (Å²) in [6.45, 7) is 3.03. The van der Waals surface area contributed by atoms with Crippen LogP contribution in [-0.4, -0.2) is 49.8 Å². The molecule has 0 radical (unpaired) electrons. The summed E-state index contributed by atoms with van der Waals surface area (Å²) >= 11 is 0. The van der Waals surface area contributed by atoms with Gasteiger partial charge in [0.15, 0.2) is 0 Å². The lowest BCUT2D eigenvalue weighted by molar-refractivity contribution is 0.126. The van der Waals surface area contributed by atoms with Gasteiger partial charge in [-0.25, -0.2) is 15.0 Å². The molecule has 4 rings (SSSR count). The third kappa shape index (κ3) is 7.00. The zero-order valence-electron chi connectivity index (χ0n) is 19.9. The highest BCUT2D eigenvalue weighted by molar-refractivity contribution is 5.74. The minimum atomic E-state index is -0.182. The molecule has 4 N–H and O–H groups in total. The standard InChI is InChI=1S/C25H39N7O/c1-2-3-14-26-25-27-16-21(24(32-25)31-19-10-12-20(33)13-11-19)22-15-23(29-17-28-22)30-18-8-6-4-5-7-9-18/h15-20,33H,2-14H2,1H3,(H,28,29,30)(H2,26,27,31,32). The van der Waals surface area contributed by atoms with E-state index < -0.39 is 0 Å². The Labute approximate surface area is 197 Å². The van der Waals surface area contributed by atoms with Gasteiger partial charge in [-0.15, -0.1) is 0 Å². The van der Waals surface area contributed by atoms with Crippen LogP contribution in [0.2, 0.25) is 0 Å². The van der Waals surface area contributed by atoms with Gasteiger partial charge in [-0.1, -0.05) is 39.0 Å². The molecule has 2 fully saturated rings. The lowest BCUT2D eigenvalue weighted by Crippen LogP contribution is -2.29. The van der Waals surface area contributed by atoms with Gasteiger partial charge in [-0.3, -0.25) is 0 Å². The first-order valence-electron chi connectivity index (χ1n) is 12.9. The smallest absolute Gasteiger partial charge is 0.224 e. The number of aromatic nitrogens is 4. The largest absolute Gasteiger partial charge is 0.393 e. The first kappa shape index (κ1) is 23.7. The van der Waals surface area contributed by atoms with E-state index in [4.69, 9.17) is 4.98 Å². The number of hydrogen-bond donors (Lipinski definition) is 4. The van der Waals surface area contributed by atoms with Gasteiger partial charge in [0.05, 0.1) is 17.4 Å². The molecule has 2 heterocycles. The highest BCUT2D eigenvalue weighted by atomic mass is 16.3. The summed E-state index contributed by atoms with van der Waals surface area (Å²) in [5.74, 6) is 2.30. The molecule has 2 saturated carbocycles. The number of nitrogens with zero attached hydrogens (tertiary/aromatic N) is 4. The van der Waals surface area contributed by atoms with Gasteiger partial charge in [0.1, 0.15) is 18.0 Å². The summed E-state index contributed by atoms with van der Waals surface area (Å²) < 4.78 is 0. The van der Waals surface area contributed by atoms with Crippen molar-refractivity contribution in [2.75, 3.05) is 22.5 Å². The molecule has 0 unspecified atom stereocenters. The fourth-order valence-corrected chi connectivity index (χ4v) is 4.77. The SMILES string of the molecule is CCCCNc1ncc(-c2cc(NC3CCCCCC3)ncn2)c(NC2CCC(O)CC2)n1. The number of aliphatic hydroxyl groups excluding tert-OH is 1. The van der Waals surface area contributed by atoms with Crippen LogP contribution in [0.15, 0.2) is 18.6 Å². The van der Waals surface area contributed by atoms with Gasteiger partial charge in [-0.2, -0.15) is 4.98 Å². The average molecular weight is 454 g/mol. The Bertz CT molecular complexity index is 862. The molecule has 0 spiro atoms. The second-order valence-electron chi connectivity index (χ2n) is 9.51. The van der Waals surface area contributed by atoms with E-state index in [0.29, 0.717) is 12.0 Å². The summed E-state index contributed by atoms with van der Waals surface area (Å²) in [4.78, 5) is 18.4. The minimum Gasteiger partial charge on any atom is -0.393 e. The number of nitrogens with one attached hydrogen (secondary N) is 3. The van der Waals surface area contributed by atoms with Crippen molar-refractivity contribution in [1.82, 2.24) is 19.9 Å². The fourth-order valence-electron chi connectivity index (χ4n) is 4.77. The third-order valence-electron chi connectivity index (χ3n) is 6.79. The Kier molecular flexibility index (Phi) is 8.69. The number of unbranched alkanes of at least 4 members (excludes halogenated alkanes) is 1. The van der Waals surface area contributed by atoms with Crippen LogP contribution in [0.5, 0.6) is 0 Å². The van der Waals surface area contributed by atoms with Gasteiger partial charge >= 0.3 is 0 Å². The van der Waals surface area contributed by atoms with Crippen molar-refractivity contribution in [3.8, 4) is 11.3 Å². The Morgan fingerprint density at radius 3 is 2.42 bits per heavy atom. The van der Waals surface area contributed by atoms with E-state index >= 15 is 0 Å². The predicted molar refractivity (Wildman–Crippen MR) is 133 cm³/mol. The zero-order chi connectivity index (χ0) is 22.9. The van der Waals surface area contributed by atoms with Crippen molar-refractivity contribution in [3.63, 3.8) is 0 Å². The summed E-state index contributed by atoms with van der Waals surface area (Å²) in [6.07, 6.45) is 16.6. The summed E-state index contributed by atoms with van der Waals surface area (Å²) in [5, 5.41) is 20.5. The van der Waals surface area contributed by atoms with E-state index in [9.17, 15) is 5.11 Å². The normalized spacial score (nSPS) is 21.9. The monoisotopic (exact) mass is 453 g/mol. The van der Waals surface area contributed by atoms with Crippen LogP contribution >= 0.6 is 0 Å². The molecular weight excluding hydrogens is 414 g/mol. The molecule has 0 aromatic carbocycles. The number of aliphatic hydroxyl groups is 1. The van der Waals surface area contributed by atoms with Crippen molar-refractivity contribution >= 4 is 17.6 Å². The van der Waals surface area contributed by atoms with Crippen LogP contribution in [-0.2, 0) is 0 Å². The van der Waals surface area contributed by atoms with Crippen LogP contribution in [0, 0.1) is 0 Å². The Morgan fingerprint density at radius 1 is 0.909 bits per heavy atom. The van der Waals surface area contributed by atoms with E-state index in [2.05, 4.69) is 37.8 Å². The Balaban J connectivity index is 1.54. The van der Waals surface area contributed by atoms with Crippen LogP contribution < -0.4 is 16.0 Å². The van der Waals surface area contributed by atoms with E-state index in [0.717, 1.165) is 68.0 Å². The van der Waals surface area contributed by atoms with E-state index in [1.807, 2.05) is 12.3 Å². The molecule has 2 aliphatic rings. The zero-order valence-corrected chi connectivity index (χ0v) is 19.9. The second kappa shape index (κ2) is 12.1. The molecule has 0 saturated heterocycles. The van der Waals surface area contributed by atoms with Crippen LogP contribution in [0.25, 0.3) is 11.3 Å². The average Bonchev–Trinajstić information content (AvgIpc) is 3.10. The second-order valence-corrected chi connectivity index (χ2v) is 9.51. The minimum absolute atomic E-state index is 0.182. The molecule has 0 amide bonds. The Hall–Kier alpha value is -2.48. The molecule has 0 bridgehead atoms. The highest BCUT2D eigenvalue weighted by Crippen LogP contribution is 2.30. The van der Waals surface area contributed by atoms with E-state index in [-0.39, 0.29) is 12.1 Å². The van der Waals surface area contributed by atoms with E-state index in [1.54, 1.807) is 6.33 Å². The molecule has 0 atom stereocenters. The summed E-state index contributed by atoms with van der Waals surface area (Å²) in [6, 6.07) is 2.78. The molecule has 0 aliphatic heterocycles. The van der Waals surface area contributed by atoms with Gasteiger partial charge < -0.3 is 21.1 Å². The van der Waals surface area contributed by atoms with Gasteiger partial charge in [0.2, 0.25) is 5.95 Å². The number of hydrogen-bond acceptors (Lipinski definition) is 8. The quantitative estimate of drug-likeness (QED) is 0.310. The summed E-state index contributed by atoms with van der Waals surface area (Å²) in [5.41, 5.74) is 1.70. The molecule has 180 valence electrons. The maximum absolute atomic E-state index is 9.89. The molecule has 8 heteroatoms. The number of rotatable bonds is 9. The number of anilines is 3. The third-order valence-corrected chi connectivity index (χ3v) is 6.79. The lowest BCUT2D eigenvalue weighted by atomic mass is 9.93. The van der Waals surface area contributed by atoms with Crippen molar-refractivity contribution < 1.29 is 5.11 Å². The van der Waals surface area contributed by atoms with Crippen LogP contribution in [0.4, 0.5) is 17.6 Å². The van der Waals surface area contributed by atoms with Crippen molar-refractivity contribution in [2.45, 2.75) is 102 Å². The van der Waals surface area contributed by atoms with Crippen molar-refractivity contribution in [3.05, 3.63) is 18.6 Å². The fraction of sp³-hybridized carbons (Fsp3) is 0.680. The molecule has 33 heavy (non-hydrogen) atoms. The van der Waals surface area contributed by atoms with Crippen LogP contribution in [0.3, 0.4) is 0 Å². The molecule has 2 aliphatic carbocycles. The van der Waals surface area contributed by atoms with Crippen LogP contribution in [0.1, 0.15) is 84.0 Å². The van der Waals surface area contributed by atoms with Gasteiger partial charge in [0.25, 0.3) is 0 Å². The first-order chi connectivity index (χ1) is 16.2. The molecule has 2 aromatic rings. The summed E-state index contributed by atoms with van der Waals surface area (Å²) in [7, 11) is 0. The maximum Gasteiger partial charge on any atom is 0.224 e. The first-order valence-corrected chi connectivity index (χ1v) is 12.9. The van der Waals surface area contributed by atoms with E-state index in [1.165, 1.54) is 38.5 Å². The van der Waals surface area contributed by atoms with Crippen molar-refractivity contribution in [2.24, 2.45) is 0 Å². The molecular formula is C25H39N7O. The lowest BCUT2D eigenvalue weighted by Gasteiger charge is -2.27. The highest BCUT2D eigenvalue weighted by Gasteiger charge is 2.22. The predicted octanol–water partition coefficient (Wildman–Crippen LogP) is 5.00. The Morgan fingerprint density at radius 2 is 1.67 bits per heavy atom. The topological polar surface area (TPSA) is 108 Å². The molecule has 2 aromatic heterocycles. The van der Waals surface area contributed by atoms with Crippen molar-refractivity contribution in [1.29, 1.82) is 0 Å². The van der Waals surface area contributed by atoms with Gasteiger partial charge in [-0.05, 0) is 44.9 Å². The molecule has 8 nitrogen and oxygen atoms in total.